The number of halogens is 1. The molecule has 0 saturated carbocycles. The van der Waals surface area contributed by atoms with E-state index in [9.17, 15) is 9.59 Å². The minimum absolute atomic E-state index is 0.240. The van der Waals surface area contributed by atoms with Crippen molar-refractivity contribution in [1.82, 2.24) is 0 Å². The summed E-state index contributed by atoms with van der Waals surface area (Å²) in [5.74, 6) is -0.269. The minimum Gasteiger partial charge on any atom is -0.462 e. The van der Waals surface area contributed by atoms with E-state index in [-0.39, 0.29) is 5.91 Å². The Bertz CT molecular complexity index is 766. The number of carbonyl (C=O) groups excluding carboxylic acids is 2. The molecule has 0 fully saturated rings. The number of hydrogen-bond acceptors (Lipinski definition) is 4. The number of nitrogens with one attached hydrogen (secondary N) is 1. The number of amides is 1. The van der Waals surface area contributed by atoms with Gasteiger partial charge in [0, 0.05) is 5.56 Å². The highest BCUT2D eigenvalue weighted by Crippen LogP contribution is 2.39. The van der Waals surface area contributed by atoms with Crippen molar-refractivity contribution >= 4 is 44.1 Å². The van der Waals surface area contributed by atoms with Crippen molar-refractivity contribution in [3.05, 3.63) is 50.3 Å². The Hall–Kier alpha value is -1.66. The third kappa shape index (κ3) is 4.92. The number of carbonyl (C=O) groups is 2. The monoisotopic (exact) mass is 423 g/mol. The van der Waals surface area contributed by atoms with Gasteiger partial charge in [0.15, 0.2) is 0 Å². The van der Waals surface area contributed by atoms with E-state index in [1.165, 1.54) is 11.3 Å². The number of aryl methyl sites for hydroxylation is 1. The van der Waals surface area contributed by atoms with Crippen molar-refractivity contribution < 1.29 is 14.3 Å². The third-order valence-corrected chi connectivity index (χ3v) is 5.49. The van der Waals surface area contributed by atoms with E-state index in [0.717, 1.165) is 21.3 Å². The summed E-state index contributed by atoms with van der Waals surface area (Å²) >= 11 is 4.88. The van der Waals surface area contributed by atoms with Crippen LogP contribution in [0.15, 0.2) is 28.1 Å². The first kappa shape index (κ1) is 19.7. The molecule has 0 saturated heterocycles. The fraction of sp³-hybridized carbons (Fsp3) is 0.368. The third-order valence-electron chi connectivity index (χ3n) is 3.59. The maximum atomic E-state index is 12.5. The van der Waals surface area contributed by atoms with Crippen LogP contribution in [0.4, 0.5) is 5.00 Å². The predicted molar refractivity (Wildman–Crippen MR) is 106 cm³/mol. The van der Waals surface area contributed by atoms with Gasteiger partial charge in [0.2, 0.25) is 0 Å². The van der Waals surface area contributed by atoms with E-state index in [0.29, 0.717) is 28.7 Å². The summed E-state index contributed by atoms with van der Waals surface area (Å²) in [6.07, 6.45) is 0.728. The minimum atomic E-state index is -0.403. The van der Waals surface area contributed by atoms with Crippen molar-refractivity contribution in [3.63, 3.8) is 0 Å². The van der Waals surface area contributed by atoms with Crippen LogP contribution in [0.2, 0.25) is 0 Å². The highest BCUT2D eigenvalue weighted by Gasteiger charge is 2.25. The van der Waals surface area contributed by atoms with Gasteiger partial charge in [-0.15, -0.1) is 11.3 Å². The van der Waals surface area contributed by atoms with E-state index >= 15 is 0 Å². The standard InChI is InChI=1S/C19H22BrNO3S/c1-5-24-19(23)15-14(10-11(2)3)16(20)25-18(15)21-17(22)13-8-6-12(4)7-9-13/h6-9,11H,5,10H2,1-4H3,(H,21,22). The fourth-order valence-corrected chi connectivity index (χ4v) is 4.20. The van der Waals surface area contributed by atoms with Gasteiger partial charge >= 0.3 is 5.97 Å². The van der Waals surface area contributed by atoms with E-state index < -0.39 is 5.97 Å². The first-order valence-corrected chi connectivity index (χ1v) is 9.80. The topological polar surface area (TPSA) is 55.4 Å². The van der Waals surface area contributed by atoms with Crippen molar-refractivity contribution in [3.8, 4) is 0 Å². The van der Waals surface area contributed by atoms with Gasteiger partial charge in [-0.05, 0) is 59.8 Å². The van der Waals surface area contributed by atoms with Crippen molar-refractivity contribution in [2.75, 3.05) is 11.9 Å². The summed E-state index contributed by atoms with van der Waals surface area (Å²) in [4.78, 5) is 25.0. The van der Waals surface area contributed by atoms with Crippen LogP contribution in [0.5, 0.6) is 0 Å². The number of anilines is 1. The zero-order valence-electron chi connectivity index (χ0n) is 14.8. The van der Waals surface area contributed by atoms with Gasteiger partial charge in [-0.3, -0.25) is 4.79 Å². The zero-order chi connectivity index (χ0) is 18.6. The molecule has 0 unspecified atom stereocenters. The van der Waals surface area contributed by atoms with Crippen molar-refractivity contribution in [1.29, 1.82) is 0 Å². The summed E-state index contributed by atoms with van der Waals surface area (Å²) in [6, 6.07) is 7.31. The molecule has 1 N–H and O–H groups in total. The van der Waals surface area contributed by atoms with Gasteiger partial charge in [-0.2, -0.15) is 0 Å². The van der Waals surface area contributed by atoms with Crippen LogP contribution in [-0.4, -0.2) is 18.5 Å². The van der Waals surface area contributed by atoms with Gasteiger partial charge in [0.1, 0.15) is 5.00 Å². The number of ether oxygens (including phenoxy) is 1. The van der Waals surface area contributed by atoms with E-state index in [4.69, 9.17) is 4.74 Å². The molecule has 0 spiro atoms. The average molecular weight is 424 g/mol. The Kier molecular flexibility index (Phi) is 6.79. The summed E-state index contributed by atoms with van der Waals surface area (Å²) < 4.78 is 6.05. The van der Waals surface area contributed by atoms with Crippen LogP contribution in [0.25, 0.3) is 0 Å². The largest absolute Gasteiger partial charge is 0.462 e. The van der Waals surface area contributed by atoms with Crippen LogP contribution in [0.1, 0.15) is 52.6 Å². The second-order valence-electron chi connectivity index (χ2n) is 6.20. The summed E-state index contributed by atoms with van der Waals surface area (Å²) in [5.41, 5.74) is 2.97. The van der Waals surface area contributed by atoms with Crippen LogP contribution in [-0.2, 0) is 11.2 Å². The molecule has 2 aromatic rings. The first-order chi connectivity index (χ1) is 11.8. The van der Waals surface area contributed by atoms with Gasteiger partial charge in [-0.1, -0.05) is 31.5 Å². The molecule has 0 aliphatic heterocycles. The van der Waals surface area contributed by atoms with E-state index in [1.54, 1.807) is 19.1 Å². The Morgan fingerprint density at radius 3 is 2.44 bits per heavy atom. The lowest BCUT2D eigenvalue weighted by atomic mass is 10.0. The number of benzene rings is 1. The second kappa shape index (κ2) is 8.63. The molecule has 25 heavy (non-hydrogen) atoms. The molecule has 134 valence electrons. The number of hydrogen-bond donors (Lipinski definition) is 1. The Balaban J connectivity index is 2.37. The van der Waals surface area contributed by atoms with Crippen molar-refractivity contribution in [2.45, 2.75) is 34.1 Å². The molecular formula is C19H22BrNO3S. The highest BCUT2D eigenvalue weighted by atomic mass is 79.9. The SMILES string of the molecule is CCOC(=O)c1c(NC(=O)c2ccc(C)cc2)sc(Br)c1CC(C)C. The number of rotatable bonds is 6. The van der Waals surface area contributed by atoms with Crippen LogP contribution < -0.4 is 5.32 Å². The lowest BCUT2D eigenvalue weighted by molar-refractivity contribution is 0.0526. The molecule has 4 nitrogen and oxygen atoms in total. The molecule has 0 atom stereocenters. The number of thiophene rings is 1. The Morgan fingerprint density at radius 1 is 1.24 bits per heavy atom. The predicted octanol–water partition coefficient (Wildman–Crippen LogP) is 5.45. The summed E-state index contributed by atoms with van der Waals surface area (Å²) in [6.45, 7) is 8.20. The molecule has 2 rings (SSSR count). The Morgan fingerprint density at radius 2 is 1.88 bits per heavy atom. The van der Waals surface area contributed by atoms with Gasteiger partial charge in [-0.25, -0.2) is 4.79 Å². The van der Waals surface area contributed by atoms with E-state index in [2.05, 4.69) is 35.1 Å². The first-order valence-electron chi connectivity index (χ1n) is 8.19. The molecule has 1 amide bonds. The molecule has 1 heterocycles. The van der Waals surface area contributed by atoms with Gasteiger partial charge in [0.05, 0.1) is 16.0 Å². The van der Waals surface area contributed by atoms with Crippen molar-refractivity contribution in [2.24, 2.45) is 5.92 Å². The maximum absolute atomic E-state index is 12.5. The average Bonchev–Trinajstić information content (AvgIpc) is 2.83. The molecular weight excluding hydrogens is 402 g/mol. The van der Waals surface area contributed by atoms with Gasteiger partial charge in [0.25, 0.3) is 5.91 Å². The molecule has 0 aliphatic rings. The van der Waals surface area contributed by atoms with Crippen LogP contribution >= 0.6 is 27.3 Å². The zero-order valence-corrected chi connectivity index (χ0v) is 17.2. The van der Waals surface area contributed by atoms with Gasteiger partial charge < -0.3 is 10.1 Å². The smallest absolute Gasteiger partial charge is 0.341 e. The fourth-order valence-electron chi connectivity index (χ4n) is 2.42. The lowest BCUT2D eigenvalue weighted by Crippen LogP contribution is -2.15. The summed E-state index contributed by atoms with van der Waals surface area (Å²) in [7, 11) is 0. The molecule has 6 heteroatoms. The quantitative estimate of drug-likeness (QED) is 0.628. The molecule has 1 aromatic carbocycles. The second-order valence-corrected chi connectivity index (χ2v) is 8.54. The highest BCUT2D eigenvalue weighted by molar-refractivity contribution is 9.11. The van der Waals surface area contributed by atoms with E-state index in [1.807, 2.05) is 19.1 Å². The van der Waals surface area contributed by atoms with Crippen LogP contribution in [0.3, 0.4) is 0 Å². The normalized spacial score (nSPS) is 10.8. The van der Waals surface area contributed by atoms with Crippen LogP contribution in [0, 0.1) is 12.8 Å². The molecule has 0 aliphatic carbocycles. The maximum Gasteiger partial charge on any atom is 0.341 e. The lowest BCUT2D eigenvalue weighted by Gasteiger charge is -2.10. The number of esters is 1. The molecule has 0 radical (unpaired) electrons. The molecule has 0 bridgehead atoms. The Labute approximate surface area is 160 Å². The summed E-state index contributed by atoms with van der Waals surface area (Å²) in [5, 5.41) is 3.39. The molecule has 1 aromatic heterocycles.